The van der Waals surface area contributed by atoms with Gasteiger partial charge in [-0.2, -0.15) is 5.26 Å². The summed E-state index contributed by atoms with van der Waals surface area (Å²) in [6, 6.07) is 20.9. The Balaban J connectivity index is 1.89. The Kier molecular flexibility index (Phi) is 4.52. The zero-order valence-electron chi connectivity index (χ0n) is 15.0. The van der Waals surface area contributed by atoms with Gasteiger partial charge in [0.25, 0.3) is 0 Å². The fraction of sp³-hybridized carbons (Fsp3) is 0.0476. The fourth-order valence-corrected chi connectivity index (χ4v) is 3.28. The number of pyridine rings is 1. The van der Waals surface area contributed by atoms with Crippen molar-refractivity contribution in [3.05, 3.63) is 76.9 Å². The molecule has 0 saturated heterocycles. The minimum atomic E-state index is 0.158. The maximum absolute atomic E-state index is 9.54. The fourth-order valence-electron chi connectivity index (χ4n) is 3.07. The van der Waals surface area contributed by atoms with Crippen molar-refractivity contribution < 1.29 is 0 Å². The lowest BCUT2D eigenvalue weighted by Crippen LogP contribution is -2.01. The molecule has 4 aromatic rings. The smallest absolute Gasteiger partial charge is 0.142 e. The van der Waals surface area contributed by atoms with Crippen molar-refractivity contribution in [2.45, 2.75) is 6.92 Å². The van der Waals surface area contributed by atoms with Crippen LogP contribution in [-0.2, 0) is 0 Å². The van der Waals surface area contributed by atoms with Gasteiger partial charge in [0.05, 0.1) is 22.1 Å². The van der Waals surface area contributed by atoms with E-state index in [2.05, 4.69) is 21.4 Å². The third kappa shape index (κ3) is 2.98. The molecular weight excluding hydrogens is 372 g/mol. The Morgan fingerprint density at radius 3 is 2.50 bits per heavy atom. The molecule has 0 atom stereocenters. The number of benzene rings is 2. The SMILES string of the molecule is Cc1c(-c2cc(-c3ccccc3)c(C#N)c(N)n2)nnn1-c1ccccc1Cl. The second-order valence-corrected chi connectivity index (χ2v) is 6.59. The molecule has 0 aliphatic carbocycles. The summed E-state index contributed by atoms with van der Waals surface area (Å²) in [5.74, 6) is 0.158. The van der Waals surface area contributed by atoms with Gasteiger partial charge in [-0.05, 0) is 30.7 Å². The van der Waals surface area contributed by atoms with Crippen LogP contribution in [0, 0.1) is 18.3 Å². The van der Waals surface area contributed by atoms with E-state index in [1.807, 2.05) is 61.5 Å². The topological polar surface area (TPSA) is 93.4 Å². The van der Waals surface area contributed by atoms with Crippen LogP contribution in [0.25, 0.3) is 28.2 Å². The van der Waals surface area contributed by atoms with Crippen LogP contribution in [0.3, 0.4) is 0 Å². The third-order valence-corrected chi connectivity index (χ3v) is 4.78. The number of hydrogen-bond donors (Lipinski definition) is 1. The molecule has 0 saturated carbocycles. The first-order valence-corrected chi connectivity index (χ1v) is 8.91. The van der Waals surface area contributed by atoms with Gasteiger partial charge in [0.1, 0.15) is 23.1 Å². The predicted octanol–water partition coefficient (Wildman–Crippen LogP) is 4.41. The molecular formula is C21H15ClN6. The van der Waals surface area contributed by atoms with E-state index in [1.54, 1.807) is 10.7 Å². The van der Waals surface area contributed by atoms with Crippen molar-refractivity contribution in [3.63, 3.8) is 0 Å². The summed E-state index contributed by atoms with van der Waals surface area (Å²) in [6.45, 7) is 1.89. The lowest BCUT2D eigenvalue weighted by Gasteiger charge is -2.10. The Bertz CT molecular complexity index is 1210. The molecule has 4 rings (SSSR count). The Labute approximate surface area is 166 Å². The lowest BCUT2D eigenvalue weighted by atomic mass is 9.99. The van der Waals surface area contributed by atoms with Crippen LogP contribution in [0.4, 0.5) is 5.82 Å². The van der Waals surface area contributed by atoms with E-state index in [1.165, 1.54) is 0 Å². The standard InChI is InChI=1S/C21H15ClN6/c1-13-20(26-27-28(13)19-10-6-5-9-17(19)22)18-11-15(14-7-3-2-4-8-14)16(12-23)21(24)25-18/h2-11H,1H3,(H2,24,25). The number of aromatic nitrogens is 4. The quantitative estimate of drug-likeness (QED) is 0.562. The predicted molar refractivity (Wildman–Crippen MR) is 109 cm³/mol. The molecule has 2 heterocycles. The Morgan fingerprint density at radius 2 is 1.79 bits per heavy atom. The van der Waals surface area contributed by atoms with Gasteiger partial charge in [-0.25, -0.2) is 9.67 Å². The van der Waals surface area contributed by atoms with Gasteiger partial charge in [-0.3, -0.25) is 0 Å². The average Bonchev–Trinajstić information content (AvgIpc) is 3.09. The maximum Gasteiger partial charge on any atom is 0.142 e. The Morgan fingerprint density at radius 1 is 1.07 bits per heavy atom. The van der Waals surface area contributed by atoms with E-state index in [9.17, 15) is 5.26 Å². The molecule has 0 fully saturated rings. The molecule has 0 aliphatic heterocycles. The number of rotatable bonds is 3. The molecule has 2 aromatic carbocycles. The highest BCUT2D eigenvalue weighted by atomic mass is 35.5. The number of anilines is 1. The minimum absolute atomic E-state index is 0.158. The molecule has 7 heteroatoms. The zero-order chi connectivity index (χ0) is 19.7. The molecule has 6 nitrogen and oxygen atoms in total. The van der Waals surface area contributed by atoms with Crippen LogP contribution in [0.15, 0.2) is 60.7 Å². The van der Waals surface area contributed by atoms with Crippen LogP contribution in [0.2, 0.25) is 5.02 Å². The number of nitrogens with zero attached hydrogens (tertiary/aromatic N) is 5. The van der Waals surface area contributed by atoms with E-state index in [0.717, 1.165) is 16.9 Å². The summed E-state index contributed by atoms with van der Waals surface area (Å²) >= 11 is 6.30. The van der Waals surface area contributed by atoms with Crippen LogP contribution in [-0.4, -0.2) is 20.0 Å². The van der Waals surface area contributed by atoms with Crippen LogP contribution < -0.4 is 5.73 Å². The normalized spacial score (nSPS) is 10.6. The van der Waals surface area contributed by atoms with Gasteiger partial charge >= 0.3 is 0 Å². The summed E-state index contributed by atoms with van der Waals surface area (Å²) in [4.78, 5) is 4.40. The summed E-state index contributed by atoms with van der Waals surface area (Å²) in [5, 5.41) is 18.6. The highest BCUT2D eigenvalue weighted by molar-refractivity contribution is 6.32. The molecule has 0 bridgehead atoms. The van der Waals surface area contributed by atoms with E-state index in [4.69, 9.17) is 17.3 Å². The molecule has 0 radical (unpaired) electrons. The Hall–Kier alpha value is -3.69. The zero-order valence-corrected chi connectivity index (χ0v) is 15.7. The first-order chi connectivity index (χ1) is 13.6. The van der Waals surface area contributed by atoms with E-state index in [0.29, 0.717) is 27.5 Å². The summed E-state index contributed by atoms with van der Waals surface area (Å²) in [7, 11) is 0. The van der Waals surface area contributed by atoms with Crippen LogP contribution >= 0.6 is 11.6 Å². The molecule has 0 aliphatic rings. The van der Waals surface area contributed by atoms with Gasteiger partial charge in [-0.15, -0.1) is 5.10 Å². The monoisotopic (exact) mass is 386 g/mol. The first kappa shape index (κ1) is 17.7. The van der Waals surface area contributed by atoms with Crippen LogP contribution in [0.5, 0.6) is 0 Å². The van der Waals surface area contributed by atoms with Crippen LogP contribution in [0.1, 0.15) is 11.3 Å². The van der Waals surface area contributed by atoms with E-state index >= 15 is 0 Å². The van der Waals surface area contributed by atoms with Gasteiger partial charge in [0.2, 0.25) is 0 Å². The lowest BCUT2D eigenvalue weighted by molar-refractivity contribution is 0.785. The number of nitriles is 1. The summed E-state index contributed by atoms with van der Waals surface area (Å²) < 4.78 is 1.66. The molecule has 0 unspecified atom stereocenters. The molecule has 0 spiro atoms. The van der Waals surface area contributed by atoms with Gasteiger partial charge < -0.3 is 5.73 Å². The van der Waals surface area contributed by atoms with Crippen molar-refractivity contribution >= 4 is 17.4 Å². The molecule has 2 aromatic heterocycles. The number of halogens is 1. The van der Waals surface area contributed by atoms with Gasteiger partial charge in [0.15, 0.2) is 0 Å². The highest BCUT2D eigenvalue weighted by Gasteiger charge is 2.19. The second-order valence-electron chi connectivity index (χ2n) is 6.18. The number of hydrogen-bond acceptors (Lipinski definition) is 5. The largest absolute Gasteiger partial charge is 0.383 e. The van der Waals surface area contributed by atoms with Crippen molar-refractivity contribution in [1.82, 2.24) is 20.0 Å². The van der Waals surface area contributed by atoms with E-state index in [-0.39, 0.29) is 5.82 Å². The molecule has 136 valence electrons. The third-order valence-electron chi connectivity index (χ3n) is 4.46. The van der Waals surface area contributed by atoms with Crippen molar-refractivity contribution in [2.75, 3.05) is 5.73 Å². The number of nitrogen functional groups attached to an aromatic ring is 1. The van der Waals surface area contributed by atoms with Gasteiger partial charge in [0, 0.05) is 5.56 Å². The average molecular weight is 387 g/mol. The summed E-state index contributed by atoms with van der Waals surface area (Å²) in [6.07, 6.45) is 0. The van der Waals surface area contributed by atoms with Gasteiger partial charge in [-0.1, -0.05) is 59.3 Å². The minimum Gasteiger partial charge on any atom is -0.383 e. The second kappa shape index (κ2) is 7.14. The van der Waals surface area contributed by atoms with Crippen molar-refractivity contribution in [3.8, 4) is 34.3 Å². The molecule has 2 N–H and O–H groups in total. The van der Waals surface area contributed by atoms with Crippen molar-refractivity contribution in [1.29, 1.82) is 5.26 Å². The maximum atomic E-state index is 9.54. The first-order valence-electron chi connectivity index (χ1n) is 8.53. The highest BCUT2D eigenvalue weighted by Crippen LogP contribution is 2.32. The molecule has 28 heavy (non-hydrogen) atoms. The summed E-state index contributed by atoms with van der Waals surface area (Å²) in [5.41, 5.74) is 10.6. The van der Waals surface area contributed by atoms with E-state index < -0.39 is 0 Å². The van der Waals surface area contributed by atoms with Crippen molar-refractivity contribution in [2.24, 2.45) is 0 Å². The number of para-hydroxylation sites is 1. The number of nitrogens with two attached hydrogens (primary N) is 1. The molecule has 0 amide bonds.